The Kier molecular flexibility index (Phi) is 7.73. The molecule has 0 bridgehead atoms. The average Bonchev–Trinajstić information content (AvgIpc) is 2.79. The molecule has 9 heteroatoms. The summed E-state index contributed by atoms with van der Waals surface area (Å²) in [5, 5.41) is 2.74. The maximum absolute atomic E-state index is 13.3. The van der Waals surface area contributed by atoms with Gasteiger partial charge in [0.25, 0.3) is 10.0 Å². The predicted molar refractivity (Wildman–Crippen MR) is 128 cm³/mol. The zero-order valence-corrected chi connectivity index (χ0v) is 19.7. The Bertz CT molecular complexity index is 1250. The Morgan fingerprint density at radius 2 is 1.67 bits per heavy atom. The number of halogens is 1. The van der Waals surface area contributed by atoms with Crippen LogP contribution in [0.1, 0.15) is 22.8 Å². The molecule has 3 aromatic rings. The summed E-state index contributed by atoms with van der Waals surface area (Å²) in [7, 11) is -4.01. The van der Waals surface area contributed by atoms with Crippen LogP contribution in [0.2, 0.25) is 5.02 Å². The van der Waals surface area contributed by atoms with E-state index in [2.05, 4.69) is 5.32 Å². The summed E-state index contributed by atoms with van der Waals surface area (Å²) in [6.45, 7) is 3.29. The number of esters is 1. The molecular weight excluding hydrogens is 464 g/mol. The van der Waals surface area contributed by atoms with E-state index < -0.39 is 28.4 Å². The monoisotopic (exact) mass is 486 g/mol. The number of nitrogens with one attached hydrogen (secondary N) is 1. The summed E-state index contributed by atoms with van der Waals surface area (Å²) in [5.74, 6) is -1.13. The Morgan fingerprint density at radius 1 is 1.00 bits per heavy atom. The summed E-state index contributed by atoms with van der Waals surface area (Å²) in [6, 6.07) is 19.1. The van der Waals surface area contributed by atoms with Gasteiger partial charge in [-0.15, -0.1) is 0 Å². The van der Waals surface area contributed by atoms with Crippen molar-refractivity contribution in [1.82, 2.24) is 0 Å². The van der Waals surface area contributed by atoms with Crippen molar-refractivity contribution in [2.75, 3.05) is 22.8 Å². The predicted octanol–water partition coefficient (Wildman–Crippen LogP) is 4.66. The van der Waals surface area contributed by atoms with Crippen LogP contribution >= 0.6 is 11.6 Å². The van der Waals surface area contributed by atoms with Crippen LogP contribution in [0.25, 0.3) is 0 Å². The minimum atomic E-state index is -4.01. The number of hydrogen-bond donors (Lipinski definition) is 1. The highest BCUT2D eigenvalue weighted by molar-refractivity contribution is 7.92. The highest BCUT2D eigenvalue weighted by Gasteiger charge is 2.27. The van der Waals surface area contributed by atoms with Crippen molar-refractivity contribution in [3.8, 4) is 0 Å². The molecule has 0 aliphatic heterocycles. The van der Waals surface area contributed by atoms with Gasteiger partial charge in [0.15, 0.2) is 0 Å². The normalized spacial score (nSPS) is 11.0. The Hall–Kier alpha value is -3.36. The van der Waals surface area contributed by atoms with Crippen LogP contribution in [0.3, 0.4) is 0 Å². The number of aryl methyl sites for hydroxylation is 1. The first kappa shape index (κ1) is 24.3. The van der Waals surface area contributed by atoms with Crippen LogP contribution < -0.4 is 9.62 Å². The fourth-order valence-corrected chi connectivity index (χ4v) is 4.67. The van der Waals surface area contributed by atoms with Gasteiger partial charge in [0, 0.05) is 0 Å². The minimum absolute atomic E-state index is 0.0709. The molecule has 0 atom stereocenters. The zero-order valence-electron chi connectivity index (χ0n) is 18.1. The first-order chi connectivity index (χ1) is 15.7. The maximum Gasteiger partial charge on any atom is 0.338 e. The SMILES string of the molecule is CCOC(=O)c1ccc(NC(=O)CN(c2ccccc2)S(=O)(=O)c2ccc(C)cc2)c(Cl)c1. The summed E-state index contributed by atoms with van der Waals surface area (Å²) in [4.78, 5) is 24.8. The number of benzene rings is 3. The number of carbonyl (C=O) groups is 2. The van der Waals surface area contributed by atoms with Crippen molar-refractivity contribution in [3.05, 3.63) is 88.9 Å². The Labute approximate surface area is 198 Å². The number of ether oxygens (including phenoxy) is 1. The second-order valence-electron chi connectivity index (χ2n) is 7.12. The van der Waals surface area contributed by atoms with E-state index in [0.29, 0.717) is 5.69 Å². The average molecular weight is 487 g/mol. The third-order valence-corrected chi connectivity index (χ3v) is 6.80. The molecule has 3 rings (SSSR count). The molecule has 0 heterocycles. The molecule has 0 aliphatic rings. The van der Waals surface area contributed by atoms with E-state index in [4.69, 9.17) is 16.3 Å². The van der Waals surface area contributed by atoms with Gasteiger partial charge < -0.3 is 10.1 Å². The fraction of sp³-hybridized carbons (Fsp3) is 0.167. The number of amides is 1. The number of para-hydroxylation sites is 1. The molecule has 0 saturated carbocycles. The number of anilines is 2. The highest BCUT2D eigenvalue weighted by Crippen LogP contribution is 2.26. The quantitative estimate of drug-likeness (QED) is 0.467. The molecule has 172 valence electrons. The molecule has 3 aromatic carbocycles. The summed E-state index contributed by atoms with van der Waals surface area (Å²) in [6.07, 6.45) is 0. The highest BCUT2D eigenvalue weighted by atomic mass is 35.5. The molecule has 0 saturated heterocycles. The smallest absolute Gasteiger partial charge is 0.338 e. The largest absolute Gasteiger partial charge is 0.462 e. The van der Waals surface area contributed by atoms with Gasteiger partial charge in [-0.2, -0.15) is 0 Å². The van der Waals surface area contributed by atoms with Crippen LogP contribution in [0, 0.1) is 6.92 Å². The van der Waals surface area contributed by atoms with E-state index in [-0.39, 0.29) is 27.8 Å². The van der Waals surface area contributed by atoms with Crippen molar-refractivity contribution in [2.45, 2.75) is 18.7 Å². The third-order valence-electron chi connectivity index (χ3n) is 4.69. The van der Waals surface area contributed by atoms with Crippen LogP contribution in [-0.4, -0.2) is 33.4 Å². The molecule has 0 radical (unpaired) electrons. The maximum atomic E-state index is 13.3. The molecule has 0 fully saturated rings. The van der Waals surface area contributed by atoms with E-state index in [9.17, 15) is 18.0 Å². The number of carbonyl (C=O) groups excluding carboxylic acids is 2. The number of hydrogen-bond acceptors (Lipinski definition) is 5. The van der Waals surface area contributed by atoms with Crippen molar-refractivity contribution in [3.63, 3.8) is 0 Å². The Morgan fingerprint density at radius 3 is 2.27 bits per heavy atom. The zero-order chi connectivity index (χ0) is 24.0. The van der Waals surface area contributed by atoms with Gasteiger partial charge in [-0.05, 0) is 56.3 Å². The molecule has 33 heavy (non-hydrogen) atoms. The molecular formula is C24H23ClN2O5S. The lowest BCUT2D eigenvalue weighted by Gasteiger charge is -2.24. The van der Waals surface area contributed by atoms with Crippen molar-refractivity contribution < 1.29 is 22.7 Å². The number of nitrogens with zero attached hydrogens (tertiary/aromatic N) is 1. The van der Waals surface area contributed by atoms with Crippen molar-refractivity contribution >= 4 is 44.9 Å². The van der Waals surface area contributed by atoms with Crippen molar-refractivity contribution in [1.29, 1.82) is 0 Å². The van der Waals surface area contributed by atoms with Gasteiger partial charge in [-0.1, -0.05) is 47.5 Å². The fourth-order valence-electron chi connectivity index (χ4n) is 3.02. The van der Waals surface area contributed by atoms with Gasteiger partial charge >= 0.3 is 5.97 Å². The van der Waals surface area contributed by atoms with E-state index in [1.54, 1.807) is 49.4 Å². The van der Waals surface area contributed by atoms with Gasteiger partial charge in [0.2, 0.25) is 5.91 Å². The molecule has 1 N–H and O–H groups in total. The molecule has 0 spiro atoms. The van der Waals surface area contributed by atoms with Gasteiger partial charge in [0.05, 0.1) is 33.5 Å². The van der Waals surface area contributed by atoms with Crippen LogP contribution in [0.5, 0.6) is 0 Å². The lowest BCUT2D eigenvalue weighted by atomic mass is 10.2. The van der Waals surface area contributed by atoms with Gasteiger partial charge in [-0.25, -0.2) is 13.2 Å². The van der Waals surface area contributed by atoms with Crippen LogP contribution in [0.4, 0.5) is 11.4 Å². The van der Waals surface area contributed by atoms with E-state index in [1.165, 1.54) is 30.3 Å². The lowest BCUT2D eigenvalue weighted by Crippen LogP contribution is -2.38. The molecule has 0 unspecified atom stereocenters. The first-order valence-electron chi connectivity index (χ1n) is 10.1. The summed E-state index contributed by atoms with van der Waals surface area (Å²) < 4.78 is 32.7. The van der Waals surface area contributed by atoms with E-state index in [1.807, 2.05) is 6.92 Å². The minimum Gasteiger partial charge on any atom is -0.462 e. The number of rotatable bonds is 8. The molecule has 0 aliphatic carbocycles. The number of sulfonamides is 1. The molecule has 7 nitrogen and oxygen atoms in total. The van der Waals surface area contributed by atoms with E-state index in [0.717, 1.165) is 9.87 Å². The van der Waals surface area contributed by atoms with E-state index >= 15 is 0 Å². The third kappa shape index (κ3) is 5.91. The molecule has 1 amide bonds. The molecule has 0 aromatic heterocycles. The van der Waals surface area contributed by atoms with Crippen LogP contribution in [0.15, 0.2) is 77.7 Å². The lowest BCUT2D eigenvalue weighted by molar-refractivity contribution is -0.114. The second-order valence-corrected chi connectivity index (χ2v) is 9.39. The Balaban J connectivity index is 1.86. The first-order valence-corrected chi connectivity index (χ1v) is 11.9. The topological polar surface area (TPSA) is 92.8 Å². The van der Waals surface area contributed by atoms with Crippen molar-refractivity contribution in [2.24, 2.45) is 0 Å². The standard InChI is InChI=1S/C24H23ClN2O5S/c1-3-32-24(29)18-11-14-22(21(25)15-18)26-23(28)16-27(19-7-5-4-6-8-19)33(30,31)20-12-9-17(2)10-13-20/h4-15H,3,16H2,1-2H3,(H,26,28). The second kappa shape index (κ2) is 10.5. The summed E-state index contributed by atoms with van der Waals surface area (Å²) in [5.41, 5.74) is 1.75. The summed E-state index contributed by atoms with van der Waals surface area (Å²) >= 11 is 6.22. The van der Waals surface area contributed by atoms with Gasteiger partial charge in [-0.3, -0.25) is 9.10 Å². The van der Waals surface area contributed by atoms with Gasteiger partial charge in [0.1, 0.15) is 6.54 Å². The van der Waals surface area contributed by atoms with Crippen LogP contribution in [-0.2, 0) is 19.6 Å².